The SMILES string of the molecule is CCC1S[C@H](C)C(C)[C@H](C)[C@@H]1C. The molecule has 5 atom stereocenters. The number of thioether (sulfide) groups is 1. The van der Waals surface area contributed by atoms with Gasteiger partial charge in [-0.3, -0.25) is 0 Å². The molecule has 0 aromatic carbocycles. The Morgan fingerprint density at radius 2 is 1.50 bits per heavy atom. The van der Waals surface area contributed by atoms with Crippen molar-refractivity contribution in [3.8, 4) is 0 Å². The van der Waals surface area contributed by atoms with Gasteiger partial charge in [-0.05, 0) is 24.2 Å². The Morgan fingerprint density at radius 3 is 2.00 bits per heavy atom. The highest BCUT2D eigenvalue weighted by Crippen LogP contribution is 2.43. The van der Waals surface area contributed by atoms with E-state index >= 15 is 0 Å². The zero-order valence-electron chi connectivity index (χ0n) is 9.00. The van der Waals surface area contributed by atoms with Crippen molar-refractivity contribution in [3.05, 3.63) is 0 Å². The molecule has 0 aromatic rings. The van der Waals surface area contributed by atoms with Crippen LogP contribution in [-0.2, 0) is 0 Å². The van der Waals surface area contributed by atoms with Crippen LogP contribution >= 0.6 is 11.8 Å². The van der Waals surface area contributed by atoms with Gasteiger partial charge in [0.2, 0.25) is 0 Å². The average molecular weight is 186 g/mol. The maximum absolute atomic E-state index is 2.42. The zero-order chi connectivity index (χ0) is 9.30. The molecule has 1 heterocycles. The Labute approximate surface area is 81.5 Å². The summed E-state index contributed by atoms with van der Waals surface area (Å²) in [6.07, 6.45) is 1.34. The molecule has 0 amide bonds. The van der Waals surface area contributed by atoms with Gasteiger partial charge in [0.1, 0.15) is 0 Å². The minimum atomic E-state index is 0.862. The van der Waals surface area contributed by atoms with Crippen LogP contribution in [0.4, 0.5) is 0 Å². The molecule has 1 fully saturated rings. The fraction of sp³-hybridized carbons (Fsp3) is 1.00. The molecule has 0 nitrogen and oxygen atoms in total. The molecule has 0 radical (unpaired) electrons. The number of hydrogen-bond donors (Lipinski definition) is 0. The van der Waals surface area contributed by atoms with E-state index in [1.54, 1.807) is 0 Å². The van der Waals surface area contributed by atoms with Crippen molar-refractivity contribution < 1.29 is 0 Å². The zero-order valence-corrected chi connectivity index (χ0v) is 9.82. The number of rotatable bonds is 1. The van der Waals surface area contributed by atoms with Gasteiger partial charge in [-0.2, -0.15) is 11.8 Å². The molecule has 1 aliphatic heterocycles. The maximum atomic E-state index is 2.42. The molecule has 0 aliphatic carbocycles. The van der Waals surface area contributed by atoms with Gasteiger partial charge in [0, 0.05) is 10.5 Å². The minimum Gasteiger partial charge on any atom is -0.155 e. The van der Waals surface area contributed by atoms with Crippen molar-refractivity contribution in [2.45, 2.75) is 51.5 Å². The summed E-state index contributed by atoms with van der Waals surface area (Å²) in [6, 6.07) is 0. The molecule has 0 bridgehead atoms. The van der Waals surface area contributed by atoms with Crippen molar-refractivity contribution in [2.75, 3.05) is 0 Å². The second-order valence-electron chi connectivity index (χ2n) is 4.37. The van der Waals surface area contributed by atoms with E-state index in [2.05, 4.69) is 46.4 Å². The summed E-state index contributed by atoms with van der Waals surface area (Å²) < 4.78 is 0. The maximum Gasteiger partial charge on any atom is 0.00754 e. The number of hydrogen-bond acceptors (Lipinski definition) is 1. The average Bonchev–Trinajstić information content (AvgIpc) is 2.08. The van der Waals surface area contributed by atoms with Crippen LogP contribution in [0.25, 0.3) is 0 Å². The topological polar surface area (TPSA) is 0 Å². The van der Waals surface area contributed by atoms with E-state index in [1.165, 1.54) is 6.42 Å². The lowest BCUT2D eigenvalue weighted by Crippen LogP contribution is -2.36. The van der Waals surface area contributed by atoms with Crippen LogP contribution in [0.2, 0.25) is 0 Å². The largest absolute Gasteiger partial charge is 0.155 e. The lowest BCUT2D eigenvalue weighted by molar-refractivity contribution is 0.253. The highest BCUT2D eigenvalue weighted by atomic mass is 32.2. The second kappa shape index (κ2) is 4.04. The van der Waals surface area contributed by atoms with E-state index in [9.17, 15) is 0 Å². The van der Waals surface area contributed by atoms with Gasteiger partial charge in [-0.25, -0.2) is 0 Å². The quantitative estimate of drug-likeness (QED) is 0.600. The summed E-state index contributed by atoms with van der Waals surface area (Å²) in [4.78, 5) is 0. The third-order valence-corrected chi connectivity index (χ3v) is 5.75. The van der Waals surface area contributed by atoms with Gasteiger partial charge in [0.25, 0.3) is 0 Å². The molecular weight excluding hydrogens is 164 g/mol. The highest BCUT2D eigenvalue weighted by Gasteiger charge is 2.35. The van der Waals surface area contributed by atoms with Crippen molar-refractivity contribution in [1.29, 1.82) is 0 Å². The van der Waals surface area contributed by atoms with E-state index in [-0.39, 0.29) is 0 Å². The Hall–Kier alpha value is 0.350. The standard InChI is InChI=1S/C11H22S/c1-6-11-9(4)7(2)8(3)10(5)12-11/h7-11H,6H2,1-5H3/t7-,8?,9-,10+,11?/m0/s1. The Bertz CT molecular complexity index is 139. The second-order valence-corrected chi connectivity index (χ2v) is 5.99. The smallest absolute Gasteiger partial charge is 0.00754 e. The van der Waals surface area contributed by atoms with Crippen LogP contribution in [0, 0.1) is 17.8 Å². The van der Waals surface area contributed by atoms with Crippen LogP contribution in [-0.4, -0.2) is 10.5 Å². The van der Waals surface area contributed by atoms with Crippen molar-refractivity contribution in [3.63, 3.8) is 0 Å². The molecule has 72 valence electrons. The molecule has 0 N–H and O–H groups in total. The van der Waals surface area contributed by atoms with E-state index in [1.807, 2.05) is 0 Å². The Kier molecular flexibility index (Phi) is 3.51. The lowest BCUT2D eigenvalue weighted by Gasteiger charge is -2.41. The molecule has 0 saturated carbocycles. The monoisotopic (exact) mass is 186 g/mol. The molecule has 1 heteroatoms. The highest BCUT2D eigenvalue weighted by molar-refractivity contribution is 8.00. The molecule has 12 heavy (non-hydrogen) atoms. The molecule has 0 aromatic heterocycles. The minimum absolute atomic E-state index is 0.862. The predicted molar refractivity (Wildman–Crippen MR) is 58.6 cm³/mol. The van der Waals surface area contributed by atoms with Gasteiger partial charge in [-0.15, -0.1) is 0 Å². The summed E-state index contributed by atoms with van der Waals surface area (Å²) in [5.74, 6) is 2.71. The molecule has 1 rings (SSSR count). The first-order valence-corrected chi connectivity index (χ1v) is 6.17. The van der Waals surface area contributed by atoms with E-state index in [0.717, 1.165) is 28.3 Å². The molecule has 2 unspecified atom stereocenters. The first-order chi connectivity index (χ1) is 5.57. The van der Waals surface area contributed by atoms with Crippen LogP contribution in [0.5, 0.6) is 0 Å². The normalized spacial score (nSPS) is 49.2. The summed E-state index contributed by atoms with van der Waals surface area (Å²) in [7, 11) is 0. The predicted octanol–water partition coefficient (Wildman–Crippen LogP) is 3.81. The van der Waals surface area contributed by atoms with Crippen LogP contribution in [0.1, 0.15) is 41.0 Å². The van der Waals surface area contributed by atoms with Crippen molar-refractivity contribution in [2.24, 2.45) is 17.8 Å². The summed E-state index contributed by atoms with van der Waals surface area (Å²) in [6.45, 7) is 12.0. The first kappa shape index (κ1) is 10.4. The van der Waals surface area contributed by atoms with Crippen molar-refractivity contribution in [1.82, 2.24) is 0 Å². The van der Waals surface area contributed by atoms with Crippen molar-refractivity contribution >= 4 is 11.8 Å². The Balaban J connectivity index is 2.63. The van der Waals surface area contributed by atoms with Gasteiger partial charge in [0.05, 0.1) is 0 Å². The van der Waals surface area contributed by atoms with Gasteiger partial charge in [-0.1, -0.05) is 34.6 Å². The van der Waals surface area contributed by atoms with Crippen LogP contribution in [0.3, 0.4) is 0 Å². The first-order valence-electron chi connectivity index (χ1n) is 5.23. The third-order valence-electron chi connectivity index (χ3n) is 3.78. The summed E-state index contributed by atoms with van der Waals surface area (Å²) in [5, 5.41) is 1.77. The van der Waals surface area contributed by atoms with Gasteiger partial charge < -0.3 is 0 Å². The molecule has 1 saturated heterocycles. The Morgan fingerprint density at radius 1 is 0.917 bits per heavy atom. The van der Waals surface area contributed by atoms with Gasteiger partial charge in [0.15, 0.2) is 0 Å². The lowest BCUT2D eigenvalue weighted by atomic mass is 9.80. The van der Waals surface area contributed by atoms with E-state index in [0.29, 0.717) is 0 Å². The summed E-state index contributed by atoms with van der Waals surface area (Å²) in [5.41, 5.74) is 0. The molecule has 0 spiro atoms. The van der Waals surface area contributed by atoms with E-state index in [4.69, 9.17) is 0 Å². The molecule has 1 aliphatic rings. The fourth-order valence-corrected chi connectivity index (χ4v) is 3.97. The van der Waals surface area contributed by atoms with Crippen LogP contribution in [0.15, 0.2) is 0 Å². The fourth-order valence-electron chi connectivity index (χ4n) is 2.24. The third kappa shape index (κ3) is 1.81. The van der Waals surface area contributed by atoms with E-state index < -0.39 is 0 Å². The van der Waals surface area contributed by atoms with Crippen LogP contribution < -0.4 is 0 Å². The van der Waals surface area contributed by atoms with Gasteiger partial charge >= 0.3 is 0 Å². The molecular formula is C11H22S. The summed E-state index contributed by atoms with van der Waals surface area (Å²) >= 11 is 2.21.